The molecule has 0 bridgehead atoms. The Bertz CT molecular complexity index is 1780. The molecule has 0 saturated heterocycles. The maximum absolute atomic E-state index is 13.4. The summed E-state index contributed by atoms with van der Waals surface area (Å²) in [5.74, 6) is -0.909. The Kier molecular flexibility index (Phi) is 6.61. The number of rotatable bonds is 8. The molecule has 1 fully saturated rings. The van der Waals surface area contributed by atoms with Crippen LogP contribution in [0.2, 0.25) is 5.02 Å². The van der Waals surface area contributed by atoms with E-state index in [1.54, 1.807) is 36.5 Å². The molecule has 1 aliphatic carbocycles. The van der Waals surface area contributed by atoms with Gasteiger partial charge in [-0.3, -0.25) is 9.10 Å². The quantitative estimate of drug-likeness (QED) is 0.308. The van der Waals surface area contributed by atoms with Gasteiger partial charge >= 0.3 is 7.12 Å². The standard InChI is InChI=1S/C27H25BClFN4O5S/c1-40(37,38)34(12-16-8-18-14-39-28(36)26(18)21(29)9-16)24-13-33-23(11-20(24)17-4-5-17)25(27(31)35)22(32-33)10-15-2-6-19(30)7-3-15/h2-3,6-9,11,13,17,36H,4-5,10,12,14H2,1H3,(H2,31,35). The minimum atomic E-state index is -3.78. The van der Waals surface area contributed by atoms with Gasteiger partial charge in [0.2, 0.25) is 10.0 Å². The van der Waals surface area contributed by atoms with Gasteiger partial charge in [-0.1, -0.05) is 29.8 Å². The van der Waals surface area contributed by atoms with E-state index in [0.717, 1.165) is 30.2 Å². The number of primary amides is 1. The SMILES string of the molecule is CS(=O)(=O)N(Cc1cc(Cl)c2c(c1)COB2O)c1cn2nc(Cc3ccc(F)cc3)c(C(N)=O)c2cc1C1CC1. The van der Waals surface area contributed by atoms with Gasteiger partial charge in [0.25, 0.3) is 5.91 Å². The van der Waals surface area contributed by atoms with Crippen LogP contribution in [0, 0.1) is 5.82 Å². The molecule has 1 aliphatic heterocycles. The Hall–Kier alpha value is -3.45. The monoisotopic (exact) mass is 582 g/mol. The number of nitrogens with two attached hydrogens (primary N) is 1. The zero-order chi connectivity index (χ0) is 28.3. The summed E-state index contributed by atoms with van der Waals surface area (Å²) in [6.45, 7) is 0.155. The average molecular weight is 583 g/mol. The Morgan fingerprint density at radius 3 is 2.62 bits per heavy atom. The second-order valence-corrected chi connectivity index (χ2v) is 12.6. The van der Waals surface area contributed by atoms with Crippen LogP contribution in [-0.4, -0.2) is 42.3 Å². The Balaban J connectivity index is 1.47. The first-order valence-corrected chi connectivity index (χ1v) is 14.9. The van der Waals surface area contributed by atoms with E-state index in [2.05, 4.69) is 5.10 Å². The van der Waals surface area contributed by atoms with Gasteiger partial charge in [0.15, 0.2) is 0 Å². The van der Waals surface area contributed by atoms with Crippen LogP contribution in [0.15, 0.2) is 48.7 Å². The topological polar surface area (TPSA) is 127 Å². The molecule has 13 heteroatoms. The van der Waals surface area contributed by atoms with Gasteiger partial charge in [-0.2, -0.15) is 5.10 Å². The summed E-state index contributed by atoms with van der Waals surface area (Å²) in [6.07, 6.45) is 4.75. The minimum absolute atomic E-state index is 0.0143. The largest absolute Gasteiger partial charge is 0.493 e. The number of halogens is 2. The van der Waals surface area contributed by atoms with Crippen LogP contribution in [-0.2, 0) is 34.3 Å². The summed E-state index contributed by atoms with van der Waals surface area (Å²) in [5.41, 5.74) is 10.7. The van der Waals surface area contributed by atoms with Crippen molar-refractivity contribution in [3.63, 3.8) is 0 Å². The van der Waals surface area contributed by atoms with E-state index >= 15 is 0 Å². The molecule has 40 heavy (non-hydrogen) atoms. The molecule has 0 unspecified atom stereocenters. The zero-order valence-corrected chi connectivity index (χ0v) is 23.0. The molecule has 1 saturated carbocycles. The number of hydrogen-bond acceptors (Lipinski definition) is 6. The molecule has 0 radical (unpaired) electrons. The van der Waals surface area contributed by atoms with E-state index in [1.165, 1.54) is 21.0 Å². The fourth-order valence-corrected chi connectivity index (χ4v) is 6.53. The van der Waals surface area contributed by atoms with Crippen LogP contribution in [0.1, 0.15) is 57.1 Å². The van der Waals surface area contributed by atoms with Crippen molar-refractivity contribution < 1.29 is 27.3 Å². The fraction of sp³-hybridized carbons (Fsp3) is 0.259. The first kappa shape index (κ1) is 26.8. The number of aromatic nitrogens is 2. The summed E-state index contributed by atoms with van der Waals surface area (Å²) in [5, 5.41) is 15.0. The predicted molar refractivity (Wildman–Crippen MR) is 150 cm³/mol. The highest BCUT2D eigenvalue weighted by Gasteiger charge is 2.34. The van der Waals surface area contributed by atoms with Crippen molar-refractivity contribution in [1.82, 2.24) is 9.61 Å². The second-order valence-electron chi connectivity index (χ2n) is 10.3. The molecule has 4 aromatic rings. The van der Waals surface area contributed by atoms with Gasteiger partial charge in [-0.25, -0.2) is 17.3 Å². The number of fused-ring (bicyclic) bond motifs is 2. The van der Waals surface area contributed by atoms with Crippen LogP contribution in [0.4, 0.5) is 10.1 Å². The number of sulfonamides is 1. The third kappa shape index (κ3) is 4.96. The Labute approximate surface area is 235 Å². The van der Waals surface area contributed by atoms with Gasteiger partial charge in [0.1, 0.15) is 5.82 Å². The van der Waals surface area contributed by atoms with Crippen molar-refractivity contribution in [2.24, 2.45) is 5.73 Å². The summed E-state index contributed by atoms with van der Waals surface area (Å²) < 4.78 is 47.9. The molecular formula is C27H25BClFN4O5S. The van der Waals surface area contributed by atoms with Gasteiger partial charge in [0, 0.05) is 16.9 Å². The fourth-order valence-electron chi connectivity index (χ4n) is 5.29. The van der Waals surface area contributed by atoms with E-state index in [4.69, 9.17) is 22.0 Å². The molecule has 6 rings (SSSR count). The lowest BCUT2D eigenvalue weighted by Gasteiger charge is -2.26. The van der Waals surface area contributed by atoms with Crippen molar-refractivity contribution in [3.8, 4) is 0 Å². The van der Waals surface area contributed by atoms with E-state index in [-0.39, 0.29) is 36.9 Å². The lowest BCUT2D eigenvalue weighted by molar-refractivity contribution is 0.100. The molecule has 2 aromatic heterocycles. The van der Waals surface area contributed by atoms with E-state index in [0.29, 0.717) is 38.5 Å². The molecule has 0 atom stereocenters. The summed E-state index contributed by atoms with van der Waals surface area (Å²) >= 11 is 6.42. The van der Waals surface area contributed by atoms with Crippen molar-refractivity contribution in [2.75, 3.05) is 10.6 Å². The van der Waals surface area contributed by atoms with Crippen LogP contribution >= 0.6 is 11.6 Å². The molecule has 3 N–H and O–H groups in total. The lowest BCUT2D eigenvalue weighted by Crippen LogP contribution is -2.32. The van der Waals surface area contributed by atoms with Crippen LogP contribution < -0.4 is 15.5 Å². The van der Waals surface area contributed by atoms with E-state index in [9.17, 15) is 22.6 Å². The Morgan fingerprint density at radius 1 is 1.25 bits per heavy atom. The van der Waals surface area contributed by atoms with Gasteiger partial charge in [-0.15, -0.1) is 0 Å². The molecular weight excluding hydrogens is 558 g/mol. The highest BCUT2D eigenvalue weighted by Crippen LogP contribution is 2.46. The molecule has 0 spiro atoms. The van der Waals surface area contributed by atoms with Crippen molar-refractivity contribution in [3.05, 3.63) is 93.0 Å². The first-order chi connectivity index (χ1) is 19.0. The third-order valence-electron chi connectivity index (χ3n) is 7.31. The number of anilines is 1. The number of pyridine rings is 1. The predicted octanol–water partition coefficient (Wildman–Crippen LogP) is 2.88. The number of carbonyl (C=O) groups excluding carboxylic acids is 1. The Morgan fingerprint density at radius 2 is 1.98 bits per heavy atom. The molecule has 206 valence electrons. The van der Waals surface area contributed by atoms with Crippen molar-refractivity contribution in [1.29, 1.82) is 0 Å². The highest BCUT2D eigenvalue weighted by atomic mass is 35.5. The number of carbonyl (C=O) groups is 1. The van der Waals surface area contributed by atoms with Gasteiger partial charge in [-0.05, 0) is 65.3 Å². The zero-order valence-electron chi connectivity index (χ0n) is 21.5. The van der Waals surface area contributed by atoms with Crippen molar-refractivity contribution >= 4 is 51.3 Å². The number of nitrogens with zero attached hydrogens (tertiary/aromatic N) is 3. The summed E-state index contributed by atoms with van der Waals surface area (Å²) in [4.78, 5) is 12.6. The van der Waals surface area contributed by atoms with E-state index < -0.39 is 23.0 Å². The highest BCUT2D eigenvalue weighted by molar-refractivity contribution is 7.92. The maximum atomic E-state index is 13.4. The normalized spacial score (nSPS) is 15.1. The summed E-state index contributed by atoms with van der Waals surface area (Å²) in [6, 6.07) is 11.1. The first-order valence-electron chi connectivity index (χ1n) is 12.7. The summed E-state index contributed by atoms with van der Waals surface area (Å²) in [7, 11) is -4.90. The second kappa shape index (κ2) is 9.88. The average Bonchev–Trinajstić information content (AvgIpc) is 3.57. The van der Waals surface area contributed by atoms with Crippen LogP contribution in [0.3, 0.4) is 0 Å². The molecule has 1 amide bonds. The van der Waals surface area contributed by atoms with Crippen LogP contribution in [0.25, 0.3) is 5.52 Å². The van der Waals surface area contributed by atoms with E-state index in [1.807, 2.05) is 0 Å². The minimum Gasteiger partial charge on any atom is -0.423 e. The number of hydrogen-bond donors (Lipinski definition) is 2. The molecule has 2 aromatic carbocycles. The van der Waals surface area contributed by atoms with Crippen molar-refractivity contribution in [2.45, 2.75) is 38.3 Å². The van der Waals surface area contributed by atoms with Gasteiger partial charge < -0.3 is 15.4 Å². The molecule has 3 heterocycles. The van der Waals surface area contributed by atoms with Crippen LogP contribution in [0.5, 0.6) is 0 Å². The lowest BCUT2D eigenvalue weighted by atomic mass is 9.79. The number of amides is 1. The van der Waals surface area contributed by atoms with Gasteiger partial charge in [0.05, 0.1) is 48.1 Å². The third-order valence-corrected chi connectivity index (χ3v) is 8.75. The maximum Gasteiger partial charge on any atom is 0.493 e. The number of benzene rings is 2. The smallest absolute Gasteiger partial charge is 0.423 e. The molecule has 9 nitrogen and oxygen atoms in total. The molecule has 2 aliphatic rings.